The second-order valence-electron chi connectivity index (χ2n) is 5.34. The molecule has 1 aliphatic carbocycles. The van der Waals surface area contributed by atoms with Gasteiger partial charge in [-0.05, 0) is 24.0 Å². The first-order valence-electron chi connectivity index (χ1n) is 6.43. The number of carbonyl (C=O) groups excluding carboxylic acids is 1. The molecule has 0 N–H and O–H groups in total. The Morgan fingerprint density at radius 3 is 2.80 bits per heavy atom. The number of Topliss-reactive ketones (excluding diaryl/α,β-unsaturated/α-hetero) is 1. The first kappa shape index (κ1) is 13.4. The number of benzene rings is 1. The zero-order chi connectivity index (χ0) is 14.4. The highest BCUT2D eigenvalue weighted by atomic mass is 19.4. The zero-order valence-corrected chi connectivity index (χ0v) is 10.6. The summed E-state index contributed by atoms with van der Waals surface area (Å²) < 4.78 is 42.8. The smallest absolute Gasteiger partial charge is 0.362 e. The highest BCUT2D eigenvalue weighted by Crippen LogP contribution is 2.42. The predicted molar refractivity (Wildman–Crippen MR) is 67.3 cm³/mol. The molecule has 106 valence electrons. The number of alkyl halides is 3. The van der Waals surface area contributed by atoms with E-state index >= 15 is 0 Å². The minimum Gasteiger partial charge on any atom is -0.362 e. The molecule has 1 heterocycles. The summed E-state index contributed by atoms with van der Waals surface area (Å²) in [5.74, 6) is -0.894. The molecule has 0 aromatic heterocycles. The molecule has 2 aliphatic rings. The largest absolute Gasteiger partial charge is 0.389 e. The molecule has 1 aromatic carbocycles. The van der Waals surface area contributed by atoms with Gasteiger partial charge < -0.3 is 4.74 Å². The molecule has 20 heavy (non-hydrogen) atoms. The van der Waals surface area contributed by atoms with Crippen LogP contribution in [0.4, 0.5) is 13.2 Å². The van der Waals surface area contributed by atoms with Crippen molar-refractivity contribution in [3.8, 4) is 0 Å². The Bertz CT molecular complexity index is 577. The fourth-order valence-corrected chi connectivity index (χ4v) is 2.92. The van der Waals surface area contributed by atoms with Crippen LogP contribution in [0.2, 0.25) is 0 Å². The Balaban J connectivity index is 1.85. The fourth-order valence-electron chi connectivity index (χ4n) is 2.92. The van der Waals surface area contributed by atoms with Crippen LogP contribution in [0.3, 0.4) is 0 Å². The Morgan fingerprint density at radius 2 is 2.05 bits per heavy atom. The van der Waals surface area contributed by atoms with Crippen molar-refractivity contribution >= 4 is 11.9 Å². The third kappa shape index (κ3) is 2.26. The highest BCUT2D eigenvalue weighted by molar-refractivity contribution is 6.09. The van der Waals surface area contributed by atoms with Crippen LogP contribution >= 0.6 is 0 Å². The molecule has 1 aliphatic heterocycles. The SMILES string of the molecule is O=C1c2ccccc2C=CC12CC(CC(F)(F)F)CO2. The van der Waals surface area contributed by atoms with Crippen molar-refractivity contribution < 1.29 is 22.7 Å². The number of hydrogen-bond donors (Lipinski definition) is 0. The molecule has 0 radical (unpaired) electrons. The van der Waals surface area contributed by atoms with E-state index in [2.05, 4.69) is 0 Å². The summed E-state index contributed by atoms with van der Waals surface area (Å²) in [4.78, 5) is 12.5. The molecule has 0 saturated carbocycles. The highest BCUT2D eigenvalue weighted by Gasteiger charge is 2.49. The maximum Gasteiger partial charge on any atom is 0.389 e. The lowest BCUT2D eigenvalue weighted by Crippen LogP contribution is -2.38. The number of ether oxygens (including phenoxy) is 1. The van der Waals surface area contributed by atoms with E-state index in [1.165, 1.54) is 0 Å². The molecule has 0 amide bonds. The second-order valence-corrected chi connectivity index (χ2v) is 5.34. The van der Waals surface area contributed by atoms with Crippen LogP contribution in [0.15, 0.2) is 30.3 Å². The van der Waals surface area contributed by atoms with Crippen molar-refractivity contribution in [3.05, 3.63) is 41.5 Å². The Labute approximate surface area is 114 Å². The van der Waals surface area contributed by atoms with Crippen molar-refractivity contribution in [2.45, 2.75) is 24.6 Å². The average molecular weight is 282 g/mol. The van der Waals surface area contributed by atoms with Crippen LogP contribution in [0.1, 0.15) is 28.8 Å². The molecule has 2 nitrogen and oxygen atoms in total. The first-order valence-corrected chi connectivity index (χ1v) is 6.43. The molecule has 3 rings (SSSR count). The Morgan fingerprint density at radius 1 is 1.30 bits per heavy atom. The number of rotatable bonds is 1. The van der Waals surface area contributed by atoms with Gasteiger partial charge in [0.2, 0.25) is 0 Å². The van der Waals surface area contributed by atoms with E-state index in [-0.39, 0.29) is 18.8 Å². The van der Waals surface area contributed by atoms with Crippen molar-refractivity contribution in [3.63, 3.8) is 0 Å². The standard InChI is InChI=1S/C15H13F3O2/c16-15(17,18)8-10-7-14(20-9-10)6-5-11-3-1-2-4-12(11)13(14)19/h1-6,10H,7-9H2. The van der Waals surface area contributed by atoms with Gasteiger partial charge in [-0.2, -0.15) is 13.2 Å². The molecule has 5 heteroatoms. The molecule has 1 spiro atoms. The number of carbonyl (C=O) groups is 1. The van der Waals surface area contributed by atoms with E-state index in [1.54, 1.807) is 30.4 Å². The lowest BCUT2D eigenvalue weighted by Gasteiger charge is -2.27. The van der Waals surface area contributed by atoms with E-state index in [9.17, 15) is 18.0 Å². The third-order valence-corrected chi connectivity index (χ3v) is 3.81. The van der Waals surface area contributed by atoms with Gasteiger partial charge in [-0.25, -0.2) is 0 Å². The summed E-state index contributed by atoms with van der Waals surface area (Å²) in [5.41, 5.74) is 0.0956. The van der Waals surface area contributed by atoms with Gasteiger partial charge in [-0.1, -0.05) is 30.3 Å². The van der Waals surface area contributed by atoms with Gasteiger partial charge in [0, 0.05) is 12.0 Å². The van der Waals surface area contributed by atoms with E-state index in [0.717, 1.165) is 5.56 Å². The van der Waals surface area contributed by atoms with Gasteiger partial charge in [0.15, 0.2) is 5.78 Å². The first-order chi connectivity index (χ1) is 9.40. The molecular weight excluding hydrogens is 269 g/mol. The van der Waals surface area contributed by atoms with Crippen molar-refractivity contribution in [2.75, 3.05) is 6.61 Å². The summed E-state index contributed by atoms with van der Waals surface area (Å²) in [6.07, 6.45) is -1.67. The lowest BCUT2D eigenvalue weighted by molar-refractivity contribution is -0.144. The van der Waals surface area contributed by atoms with Crippen LogP contribution in [0.25, 0.3) is 6.08 Å². The topological polar surface area (TPSA) is 26.3 Å². The summed E-state index contributed by atoms with van der Waals surface area (Å²) >= 11 is 0. The monoisotopic (exact) mass is 282 g/mol. The van der Waals surface area contributed by atoms with Gasteiger partial charge in [-0.3, -0.25) is 4.79 Å². The Hall–Kier alpha value is -1.62. The molecule has 1 aromatic rings. The van der Waals surface area contributed by atoms with Crippen molar-refractivity contribution in [2.24, 2.45) is 5.92 Å². The van der Waals surface area contributed by atoms with E-state index in [1.807, 2.05) is 6.07 Å². The van der Waals surface area contributed by atoms with E-state index in [0.29, 0.717) is 5.56 Å². The maximum atomic E-state index is 12.5. The van der Waals surface area contributed by atoms with Crippen LogP contribution in [0, 0.1) is 5.92 Å². The summed E-state index contributed by atoms with van der Waals surface area (Å²) in [6.45, 7) is -0.0300. The fraction of sp³-hybridized carbons (Fsp3) is 0.400. The quantitative estimate of drug-likeness (QED) is 0.786. The van der Waals surface area contributed by atoms with Crippen LogP contribution in [0.5, 0.6) is 0 Å². The van der Waals surface area contributed by atoms with Gasteiger partial charge in [0.25, 0.3) is 0 Å². The van der Waals surface area contributed by atoms with E-state index < -0.39 is 24.1 Å². The second kappa shape index (κ2) is 4.45. The Kier molecular flexibility index (Phi) is 2.97. The molecular formula is C15H13F3O2. The normalized spacial score (nSPS) is 28.9. The number of hydrogen-bond acceptors (Lipinski definition) is 2. The van der Waals surface area contributed by atoms with Gasteiger partial charge in [-0.15, -0.1) is 0 Å². The zero-order valence-electron chi connectivity index (χ0n) is 10.6. The van der Waals surface area contributed by atoms with Crippen molar-refractivity contribution in [1.29, 1.82) is 0 Å². The minimum absolute atomic E-state index is 0.0300. The maximum absolute atomic E-state index is 12.5. The summed E-state index contributed by atoms with van der Waals surface area (Å²) in [7, 11) is 0. The van der Waals surface area contributed by atoms with Crippen LogP contribution in [-0.4, -0.2) is 24.2 Å². The molecule has 2 atom stereocenters. The molecule has 2 unspecified atom stereocenters. The predicted octanol–water partition coefficient (Wildman–Crippen LogP) is 3.62. The van der Waals surface area contributed by atoms with Crippen LogP contribution in [-0.2, 0) is 4.74 Å². The van der Waals surface area contributed by atoms with Gasteiger partial charge in [0.05, 0.1) is 6.61 Å². The summed E-state index contributed by atoms with van der Waals surface area (Å²) in [5, 5.41) is 0. The van der Waals surface area contributed by atoms with Crippen molar-refractivity contribution in [1.82, 2.24) is 0 Å². The summed E-state index contributed by atoms with van der Waals surface area (Å²) in [6, 6.07) is 7.05. The van der Waals surface area contributed by atoms with Gasteiger partial charge in [0.1, 0.15) is 5.60 Å². The third-order valence-electron chi connectivity index (χ3n) is 3.81. The van der Waals surface area contributed by atoms with Crippen LogP contribution < -0.4 is 0 Å². The molecule has 1 fully saturated rings. The molecule has 0 bridgehead atoms. The number of halogens is 3. The number of fused-ring (bicyclic) bond motifs is 1. The average Bonchev–Trinajstić information content (AvgIpc) is 2.77. The lowest BCUT2D eigenvalue weighted by atomic mass is 9.80. The number of ketones is 1. The molecule has 1 saturated heterocycles. The minimum atomic E-state index is -4.22. The van der Waals surface area contributed by atoms with Gasteiger partial charge >= 0.3 is 6.18 Å². The van der Waals surface area contributed by atoms with E-state index in [4.69, 9.17) is 4.74 Å².